The molecule has 1 heterocycles. The maximum absolute atomic E-state index is 11.9. The Kier molecular flexibility index (Phi) is 5.82. The number of hydrogen-bond acceptors (Lipinski definition) is 2. The molecule has 25 heavy (non-hydrogen) atoms. The number of nitrogens with zero attached hydrogens (tertiary/aromatic N) is 1. The molecule has 5 heteroatoms. The van der Waals surface area contributed by atoms with Crippen LogP contribution >= 0.6 is 0 Å². The molecule has 0 unspecified atom stereocenters. The van der Waals surface area contributed by atoms with Crippen LogP contribution in [0.4, 0.5) is 10.6 Å². The number of nitrogens with one attached hydrogen (secondary N) is 3. The van der Waals surface area contributed by atoms with Gasteiger partial charge in [-0.3, -0.25) is 10.4 Å². The summed E-state index contributed by atoms with van der Waals surface area (Å²) < 4.78 is 0. The Morgan fingerprint density at radius 2 is 1.52 bits per heavy atom. The molecule has 0 aliphatic carbocycles. The van der Waals surface area contributed by atoms with Gasteiger partial charge in [0, 0.05) is 18.3 Å². The lowest BCUT2D eigenvalue weighted by Gasteiger charge is -2.05. The number of benzene rings is 2. The van der Waals surface area contributed by atoms with E-state index >= 15 is 0 Å². The van der Waals surface area contributed by atoms with Gasteiger partial charge < -0.3 is 5.32 Å². The Morgan fingerprint density at radius 3 is 2.20 bits per heavy atom. The number of urea groups is 1. The van der Waals surface area contributed by atoms with E-state index in [1.807, 2.05) is 54.6 Å². The fourth-order valence-electron chi connectivity index (χ4n) is 2.60. The molecule has 0 saturated carbocycles. The van der Waals surface area contributed by atoms with Crippen LogP contribution in [0, 0.1) is 0 Å². The number of aromatic amines is 1. The molecule has 0 aliphatic rings. The molecule has 2 aromatic carbocycles. The Bertz CT molecular complexity index is 784. The Morgan fingerprint density at radius 1 is 0.880 bits per heavy atom. The average Bonchev–Trinajstić information content (AvgIpc) is 3.09. The number of hydrogen-bond donors (Lipinski definition) is 3. The van der Waals surface area contributed by atoms with E-state index in [1.54, 1.807) is 0 Å². The van der Waals surface area contributed by atoms with Crippen LogP contribution in [0.3, 0.4) is 0 Å². The molecule has 128 valence electrons. The number of aryl methyl sites for hydroxylation is 2. The zero-order chi connectivity index (χ0) is 17.3. The van der Waals surface area contributed by atoms with E-state index in [-0.39, 0.29) is 6.03 Å². The summed E-state index contributed by atoms with van der Waals surface area (Å²) in [5, 5.41) is 12.7. The van der Waals surface area contributed by atoms with E-state index in [2.05, 4.69) is 33.0 Å². The van der Waals surface area contributed by atoms with Gasteiger partial charge in [0.05, 0.1) is 0 Å². The minimum atomic E-state index is -0.239. The highest BCUT2D eigenvalue weighted by atomic mass is 16.2. The van der Waals surface area contributed by atoms with Crippen molar-refractivity contribution in [3.8, 4) is 0 Å². The van der Waals surface area contributed by atoms with E-state index < -0.39 is 0 Å². The molecule has 0 saturated heterocycles. The van der Waals surface area contributed by atoms with Crippen LogP contribution in [0.1, 0.15) is 16.8 Å². The van der Waals surface area contributed by atoms with E-state index in [0.29, 0.717) is 12.4 Å². The zero-order valence-electron chi connectivity index (χ0n) is 14.0. The Labute approximate surface area is 147 Å². The van der Waals surface area contributed by atoms with Crippen molar-refractivity contribution >= 4 is 11.8 Å². The molecule has 0 aliphatic heterocycles. The van der Waals surface area contributed by atoms with E-state index in [4.69, 9.17) is 0 Å². The fourth-order valence-corrected chi connectivity index (χ4v) is 2.60. The number of H-pyrrole nitrogens is 1. The summed E-state index contributed by atoms with van der Waals surface area (Å²) in [7, 11) is 0. The molecule has 3 rings (SSSR count). The summed E-state index contributed by atoms with van der Waals surface area (Å²) >= 11 is 0. The van der Waals surface area contributed by atoms with Gasteiger partial charge in [0.25, 0.3) is 0 Å². The number of carbonyl (C=O) groups is 1. The number of rotatable bonds is 7. The third-order valence-electron chi connectivity index (χ3n) is 3.94. The molecular formula is C20H22N4O. The van der Waals surface area contributed by atoms with Gasteiger partial charge >= 0.3 is 6.03 Å². The average molecular weight is 334 g/mol. The molecule has 0 bridgehead atoms. The van der Waals surface area contributed by atoms with Crippen molar-refractivity contribution < 1.29 is 4.79 Å². The van der Waals surface area contributed by atoms with Crippen LogP contribution in [-0.2, 0) is 19.3 Å². The predicted molar refractivity (Wildman–Crippen MR) is 99.6 cm³/mol. The summed E-state index contributed by atoms with van der Waals surface area (Å²) in [6, 6.07) is 22.0. The van der Waals surface area contributed by atoms with Crippen LogP contribution in [-0.4, -0.2) is 22.8 Å². The van der Waals surface area contributed by atoms with Gasteiger partial charge in [-0.15, -0.1) is 0 Å². The fraction of sp³-hybridized carbons (Fsp3) is 0.200. The van der Waals surface area contributed by atoms with Crippen molar-refractivity contribution in [3.63, 3.8) is 0 Å². The third-order valence-corrected chi connectivity index (χ3v) is 3.94. The maximum atomic E-state index is 11.9. The monoisotopic (exact) mass is 334 g/mol. The first-order chi connectivity index (χ1) is 12.3. The minimum Gasteiger partial charge on any atom is -0.337 e. The second-order valence-electron chi connectivity index (χ2n) is 5.88. The molecular weight excluding hydrogens is 312 g/mol. The molecule has 0 spiro atoms. The lowest BCUT2D eigenvalue weighted by Crippen LogP contribution is -2.30. The van der Waals surface area contributed by atoms with Gasteiger partial charge in [-0.25, -0.2) is 4.79 Å². The normalized spacial score (nSPS) is 10.4. The Balaban J connectivity index is 1.40. The van der Waals surface area contributed by atoms with Crippen molar-refractivity contribution in [3.05, 3.63) is 83.6 Å². The van der Waals surface area contributed by atoms with Crippen molar-refractivity contribution in [2.75, 3.05) is 11.9 Å². The summed E-state index contributed by atoms with van der Waals surface area (Å²) in [4.78, 5) is 11.9. The summed E-state index contributed by atoms with van der Waals surface area (Å²) in [6.07, 6.45) is 2.59. The molecule has 3 N–H and O–H groups in total. The molecule has 0 radical (unpaired) electrons. The topological polar surface area (TPSA) is 69.8 Å². The predicted octanol–water partition coefficient (Wildman–Crippen LogP) is 3.56. The van der Waals surface area contributed by atoms with Crippen LogP contribution < -0.4 is 10.6 Å². The first kappa shape index (κ1) is 16.8. The first-order valence-corrected chi connectivity index (χ1v) is 8.46. The third kappa shape index (κ3) is 5.49. The van der Waals surface area contributed by atoms with E-state index in [1.165, 1.54) is 11.1 Å². The number of anilines is 1. The highest BCUT2D eigenvalue weighted by Gasteiger charge is 2.06. The molecule has 0 atom stereocenters. The molecule has 1 aromatic heterocycles. The Hall–Kier alpha value is -3.08. The minimum absolute atomic E-state index is 0.239. The molecule has 2 amide bonds. The molecule has 3 aromatic rings. The maximum Gasteiger partial charge on any atom is 0.320 e. The summed E-state index contributed by atoms with van der Waals surface area (Å²) in [6.45, 7) is 0.584. The number of carbonyl (C=O) groups excluding carboxylic acids is 1. The van der Waals surface area contributed by atoms with Crippen molar-refractivity contribution in [2.45, 2.75) is 19.3 Å². The highest BCUT2D eigenvalue weighted by Crippen LogP contribution is 2.09. The SMILES string of the molecule is O=C(NCCc1ccccc1)Nc1cc(CCc2ccccc2)[nH]n1. The van der Waals surface area contributed by atoms with Gasteiger partial charge in [-0.05, 0) is 30.4 Å². The zero-order valence-corrected chi connectivity index (χ0v) is 14.0. The van der Waals surface area contributed by atoms with Crippen molar-refractivity contribution in [1.82, 2.24) is 15.5 Å². The van der Waals surface area contributed by atoms with Crippen molar-refractivity contribution in [2.24, 2.45) is 0 Å². The van der Waals surface area contributed by atoms with E-state index in [0.717, 1.165) is 25.0 Å². The second kappa shape index (κ2) is 8.68. The van der Waals surface area contributed by atoms with Gasteiger partial charge in [0.15, 0.2) is 5.82 Å². The molecule has 0 fully saturated rings. The largest absolute Gasteiger partial charge is 0.337 e. The highest BCUT2D eigenvalue weighted by molar-refractivity contribution is 5.88. The molecule has 5 nitrogen and oxygen atoms in total. The number of amides is 2. The lowest BCUT2D eigenvalue weighted by atomic mass is 10.1. The lowest BCUT2D eigenvalue weighted by molar-refractivity contribution is 0.252. The van der Waals surface area contributed by atoms with Crippen LogP contribution in [0.15, 0.2) is 66.7 Å². The van der Waals surface area contributed by atoms with E-state index in [9.17, 15) is 4.79 Å². The van der Waals surface area contributed by atoms with Crippen LogP contribution in [0.5, 0.6) is 0 Å². The summed E-state index contributed by atoms with van der Waals surface area (Å²) in [5.41, 5.74) is 3.49. The smallest absolute Gasteiger partial charge is 0.320 e. The second-order valence-corrected chi connectivity index (χ2v) is 5.88. The van der Waals surface area contributed by atoms with Gasteiger partial charge in [0.2, 0.25) is 0 Å². The van der Waals surface area contributed by atoms with Crippen LogP contribution in [0.25, 0.3) is 0 Å². The first-order valence-electron chi connectivity index (χ1n) is 8.46. The van der Waals surface area contributed by atoms with Crippen LogP contribution in [0.2, 0.25) is 0 Å². The standard InChI is InChI=1S/C20H22N4O/c25-20(21-14-13-17-9-5-2-6-10-17)22-19-15-18(23-24-19)12-11-16-7-3-1-4-8-16/h1-10,15H,11-14H2,(H3,21,22,23,24,25). The number of aromatic nitrogens is 2. The van der Waals surface area contributed by atoms with Crippen molar-refractivity contribution in [1.29, 1.82) is 0 Å². The van der Waals surface area contributed by atoms with Gasteiger partial charge in [0.1, 0.15) is 0 Å². The summed E-state index contributed by atoms with van der Waals surface area (Å²) in [5.74, 6) is 0.542. The quantitative estimate of drug-likeness (QED) is 0.618. The van der Waals surface area contributed by atoms with Gasteiger partial charge in [-0.1, -0.05) is 60.7 Å². The van der Waals surface area contributed by atoms with Gasteiger partial charge in [-0.2, -0.15) is 5.10 Å².